The van der Waals surface area contributed by atoms with Gasteiger partial charge < -0.3 is 16.2 Å². The van der Waals surface area contributed by atoms with E-state index in [1.54, 1.807) is 0 Å². The molecule has 0 spiro atoms. The minimum atomic E-state index is -4.33. The van der Waals surface area contributed by atoms with Crippen molar-refractivity contribution >= 4 is 15.7 Å². The van der Waals surface area contributed by atoms with Crippen LogP contribution >= 0.6 is 0 Å². The van der Waals surface area contributed by atoms with Crippen molar-refractivity contribution in [2.75, 3.05) is 6.54 Å². The quantitative estimate of drug-likeness (QED) is 0.279. The third kappa shape index (κ3) is 4.65. The number of hydroxylamine groups is 1. The molecule has 0 saturated heterocycles. The first-order chi connectivity index (χ1) is 13.2. The lowest BCUT2D eigenvalue weighted by Crippen LogP contribution is -2.58. The number of carbonyl (C=O) groups is 1. The number of benzene rings is 2. The van der Waals surface area contributed by atoms with Gasteiger partial charge in [-0.15, -0.1) is 0 Å². The van der Waals surface area contributed by atoms with E-state index < -0.39 is 26.4 Å². The van der Waals surface area contributed by atoms with Crippen LogP contribution in [0, 0.1) is 5.82 Å². The van der Waals surface area contributed by atoms with Crippen molar-refractivity contribution in [3.05, 3.63) is 54.3 Å². The fourth-order valence-corrected chi connectivity index (χ4v) is 4.15. The average Bonchev–Trinajstić information content (AvgIpc) is 2.69. The number of unbranched alkanes of at least 4 members (excludes halogenated alkanes) is 1. The zero-order chi connectivity index (χ0) is 20.8. The molecule has 0 saturated carbocycles. The predicted molar refractivity (Wildman–Crippen MR) is 99.9 cm³/mol. The lowest BCUT2D eigenvalue weighted by molar-refractivity contribution is -0.132. The first-order valence-corrected chi connectivity index (χ1v) is 9.94. The third-order valence-corrected chi connectivity index (χ3v) is 6.39. The summed E-state index contributed by atoms with van der Waals surface area (Å²) in [7, 11) is -4.33. The van der Waals surface area contributed by atoms with Gasteiger partial charge in [0.05, 0.1) is 4.90 Å². The Morgan fingerprint density at radius 3 is 2.11 bits per heavy atom. The van der Waals surface area contributed by atoms with E-state index >= 15 is 0 Å². The number of sulfone groups is 1. The molecule has 2 rings (SSSR count). The van der Waals surface area contributed by atoms with E-state index in [4.69, 9.17) is 21.4 Å². The van der Waals surface area contributed by atoms with Gasteiger partial charge >= 0.3 is 0 Å². The SMILES string of the molecule is NCCCC[C@@](N)(C(=O)NO)S(=O)(=O)c1ccc(Oc2ccc(F)cc2)cc1. The lowest BCUT2D eigenvalue weighted by Gasteiger charge is -2.27. The largest absolute Gasteiger partial charge is 0.457 e. The maximum atomic E-state index is 12.9. The number of hydrogen-bond donors (Lipinski definition) is 4. The highest BCUT2D eigenvalue weighted by Gasteiger charge is 2.47. The van der Waals surface area contributed by atoms with E-state index in [2.05, 4.69) is 0 Å². The van der Waals surface area contributed by atoms with Crippen LogP contribution in [0.5, 0.6) is 11.5 Å². The molecule has 2 aromatic carbocycles. The van der Waals surface area contributed by atoms with Crippen molar-refractivity contribution in [3.8, 4) is 11.5 Å². The van der Waals surface area contributed by atoms with E-state index in [1.165, 1.54) is 54.0 Å². The highest BCUT2D eigenvalue weighted by molar-refractivity contribution is 7.93. The highest BCUT2D eigenvalue weighted by Crippen LogP contribution is 2.29. The Morgan fingerprint density at radius 2 is 1.61 bits per heavy atom. The zero-order valence-corrected chi connectivity index (χ0v) is 15.8. The molecule has 6 N–H and O–H groups in total. The maximum absolute atomic E-state index is 12.9. The van der Waals surface area contributed by atoms with E-state index in [-0.39, 0.29) is 17.7 Å². The summed E-state index contributed by atoms with van der Waals surface area (Å²) in [6.07, 6.45) is 0.537. The summed E-state index contributed by atoms with van der Waals surface area (Å²) < 4.78 is 44.3. The molecule has 10 heteroatoms. The van der Waals surface area contributed by atoms with Gasteiger partial charge in [0.1, 0.15) is 17.3 Å². The topological polar surface area (TPSA) is 145 Å². The van der Waals surface area contributed by atoms with Crippen molar-refractivity contribution in [2.45, 2.75) is 29.0 Å². The van der Waals surface area contributed by atoms with Gasteiger partial charge in [-0.05, 0) is 74.3 Å². The van der Waals surface area contributed by atoms with Crippen molar-refractivity contribution in [2.24, 2.45) is 11.5 Å². The molecule has 2 aromatic rings. The number of amides is 1. The molecule has 0 radical (unpaired) electrons. The zero-order valence-electron chi connectivity index (χ0n) is 15.0. The van der Waals surface area contributed by atoms with Crippen molar-refractivity contribution in [1.29, 1.82) is 0 Å². The number of ether oxygens (including phenoxy) is 1. The Balaban J connectivity index is 2.27. The molecule has 0 aromatic heterocycles. The molecule has 0 aliphatic rings. The molecule has 152 valence electrons. The van der Waals surface area contributed by atoms with E-state index in [0.29, 0.717) is 24.5 Å². The second kappa shape index (κ2) is 9.11. The summed E-state index contributed by atoms with van der Waals surface area (Å²) in [5.41, 5.74) is 12.6. The Bertz CT molecular complexity index is 904. The summed E-state index contributed by atoms with van der Waals surface area (Å²) in [6, 6.07) is 10.5. The Labute approximate surface area is 162 Å². The van der Waals surface area contributed by atoms with Crippen LogP contribution < -0.4 is 21.7 Å². The molecule has 0 bridgehead atoms. The molecule has 1 atom stereocenters. The molecule has 28 heavy (non-hydrogen) atoms. The number of carbonyl (C=O) groups excluding carboxylic acids is 1. The van der Waals surface area contributed by atoms with Gasteiger partial charge in [-0.1, -0.05) is 0 Å². The van der Waals surface area contributed by atoms with E-state index in [0.717, 1.165) is 0 Å². The fraction of sp³-hybridized carbons (Fsp3) is 0.278. The monoisotopic (exact) mass is 411 g/mol. The number of nitrogens with one attached hydrogen (secondary N) is 1. The van der Waals surface area contributed by atoms with Crippen LogP contribution in [0.15, 0.2) is 53.4 Å². The Hall–Kier alpha value is -2.53. The number of hydrogen-bond acceptors (Lipinski definition) is 7. The summed E-state index contributed by atoms with van der Waals surface area (Å²) in [6.45, 7) is 0.312. The first-order valence-electron chi connectivity index (χ1n) is 8.46. The van der Waals surface area contributed by atoms with Crippen LogP contribution in [0.3, 0.4) is 0 Å². The molecule has 0 unspecified atom stereocenters. The van der Waals surface area contributed by atoms with E-state index in [1.807, 2.05) is 0 Å². The predicted octanol–water partition coefficient (Wildman–Crippen LogP) is 1.68. The third-order valence-electron chi connectivity index (χ3n) is 4.15. The van der Waals surface area contributed by atoms with Gasteiger partial charge in [-0.25, -0.2) is 18.3 Å². The van der Waals surface area contributed by atoms with Gasteiger partial charge in [0.2, 0.25) is 14.7 Å². The van der Waals surface area contributed by atoms with Crippen LogP contribution in [-0.4, -0.2) is 30.9 Å². The minimum Gasteiger partial charge on any atom is -0.457 e. The molecule has 0 fully saturated rings. The van der Waals surface area contributed by atoms with Gasteiger partial charge in [0, 0.05) is 0 Å². The Kier molecular flexibility index (Phi) is 7.08. The standard InChI is InChI=1S/C18H22FN3O5S/c19-13-3-5-14(6-4-13)27-15-7-9-16(10-8-15)28(25,26)18(21,17(23)22-24)11-1-2-12-20/h3-10,24H,1-2,11-12,20-21H2,(H,22,23)/t18-/m0/s1. The number of nitrogens with two attached hydrogens (primary N) is 2. The summed E-state index contributed by atoms with van der Waals surface area (Å²) in [4.78, 5) is 9.47. The smallest absolute Gasteiger partial charge is 0.279 e. The van der Waals surface area contributed by atoms with Crippen LogP contribution in [0.25, 0.3) is 0 Å². The molecule has 0 heterocycles. The molecule has 0 aliphatic carbocycles. The molecule has 1 amide bonds. The summed E-state index contributed by atoms with van der Waals surface area (Å²) in [5.74, 6) is -0.962. The number of halogens is 1. The molecule has 0 aliphatic heterocycles. The Morgan fingerprint density at radius 1 is 1.07 bits per heavy atom. The highest BCUT2D eigenvalue weighted by atomic mass is 32.2. The lowest BCUT2D eigenvalue weighted by atomic mass is 10.1. The summed E-state index contributed by atoms with van der Waals surface area (Å²) in [5, 5.41) is 8.95. The average molecular weight is 411 g/mol. The van der Waals surface area contributed by atoms with Crippen LogP contribution in [0.2, 0.25) is 0 Å². The molecular formula is C18H22FN3O5S. The first kappa shape index (κ1) is 21.8. The van der Waals surface area contributed by atoms with E-state index in [9.17, 15) is 17.6 Å². The second-order valence-corrected chi connectivity index (χ2v) is 8.31. The number of rotatable bonds is 9. The van der Waals surface area contributed by atoms with Gasteiger partial charge in [-0.3, -0.25) is 10.0 Å². The van der Waals surface area contributed by atoms with Gasteiger partial charge in [-0.2, -0.15) is 0 Å². The second-order valence-electron chi connectivity index (χ2n) is 6.11. The molecular weight excluding hydrogens is 389 g/mol. The normalized spacial score (nSPS) is 13.6. The maximum Gasteiger partial charge on any atom is 0.279 e. The minimum absolute atomic E-state index is 0.210. The van der Waals surface area contributed by atoms with Gasteiger partial charge in [0.15, 0.2) is 0 Å². The van der Waals surface area contributed by atoms with Crippen LogP contribution in [0.1, 0.15) is 19.3 Å². The van der Waals surface area contributed by atoms with Crippen LogP contribution in [0.4, 0.5) is 4.39 Å². The molecule has 8 nitrogen and oxygen atoms in total. The van der Waals surface area contributed by atoms with Crippen molar-refractivity contribution < 1.29 is 27.5 Å². The summed E-state index contributed by atoms with van der Waals surface area (Å²) >= 11 is 0. The fourth-order valence-electron chi connectivity index (χ4n) is 2.53. The van der Waals surface area contributed by atoms with Crippen molar-refractivity contribution in [3.63, 3.8) is 0 Å². The van der Waals surface area contributed by atoms with Crippen LogP contribution in [-0.2, 0) is 14.6 Å². The van der Waals surface area contributed by atoms with Gasteiger partial charge in [0.25, 0.3) is 5.91 Å². The van der Waals surface area contributed by atoms with Crippen molar-refractivity contribution in [1.82, 2.24) is 5.48 Å².